The summed E-state index contributed by atoms with van der Waals surface area (Å²) in [5.41, 5.74) is 3.43. The highest BCUT2D eigenvalue weighted by atomic mass is 19.1. The van der Waals surface area contributed by atoms with Crippen molar-refractivity contribution in [3.8, 4) is 0 Å². The van der Waals surface area contributed by atoms with Gasteiger partial charge in [0, 0.05) is 5.92 Å². The monoisotopic (exact) mass is 203 g/mol. The molecule has 0 aromatic rings. The van der Waals surface area contributed by atoms with E-state index in [-0.39, 0.29) is 6.42 Å². The van der Waals surface area contributed by atoms with Gasteiger partial charge in [-0.25, -0.2) is 4.39 Å². The third kappa shape index (κ3) is 0.863. The Bertz CT molecular complexity index is 320. The standard InChI is InChI=1S/C8H10FNO4/c9-3-1-2-4(6(11)12)5(2)8(3,10)7(13)14/h2-5H,1,10H2,(H,11,12)(H,13,14)/t2?,3-,4-,5?,8?/m0/s1. The minimum Gasteiger partial charge on any atom is -0.481 e. The highest BCUT2D eigenvalue weighted by Crippen LogP contribution is 2.62. The summed E-state index contributed by atoms with van der Waals surface area (Å²) in [5, 5.41) is 17.5. The number of nitrogens with two attached hydrogens (primary N) is 1. The Hall–Kier alpha value is -1.17. The van der Waals surface area contributed by atoms with E-state index >= 15 is 0 Å². The molecule has 2 fully saturated rings. The van der Waals surface area contributed by atoms with Crippen molar-refractivity contribution in [2.24, 2.45) is 23.5 Å². The van der Waals surface area contributed by atoms with E-state index in [0.717, 1.165) is 0 Å². The van der Waals surface area contributed by atoms with Gasteiger partial charge in [0.2, 0.25) is 0 Å². The molecule has 0 aliphatic heterocycles. The SMILES string of the molecule is NC1(C(=O)O)C2C(C[C@@H]1F)[C@@H]2C(=O)O. The Balaban J connectivity index is 2.26. The normalized spacial score (nSPS) is 49.9. The Kier molecular flexibility index (Phi) is 1.64. The summed E-state index contributed by atoms with van der Waals surface area (Å²) in [6.07, 6.45) is -1.68. The van der Waals surface area contributed by atoms with E-state index in [4.69, 9.17) is 15.9 Å². The number of carboxylic acid groups (broad SMARTS) is 2. The van der Waals surface area contributed by atoms with Gasteiger partial charge in [-0.05, 0) is 12.3 Å². The molecule has 5 atom stereocenters. The van der Waals surface area contributed by atoms with Crippen LogP contribution in [0.2, 0.25) is 0 Å². The van der Waals surface area contributed by atoms with Crippen molar-refractivity contribution in [2.75, 3.05) is 0 Å². The zero-order valence-corrected chi connectivity index (χ0v) is 7.18. The van der Waals surface area contributed by atoms with Crippen LogP contribution in [0.1, 0.15) is 6.42 Å². The average molecular weight is 203 g/mol. The van der Waals surface area contributed by atoms with Gasteiger partial charge in [-0.1, -0.05) is 0 Å². The Morgan fingerprint density at radius 2 is 2.00 bits per heavy atom. The number of carbonyl (C=O) groups is 2. The van der Waals surface area contributed by atoms with Gasteiger partial charge in [-0.2, -0.15) is 0 Å². The van der Waals surface area contributed by atoms with Crippen LogP contribution in [0.25, 0.3) is 0 Å². The maximum atomic E-state index is 13.2. The van der Waals surface area contributed by atoms with Gasteiger partial charge in [0.05, 0.1) is 5.92 Å². The molecule has 2 aliphatic rings. The quantitative estimate of drug-likeness (QED) is 0.559. The second-order valence-electron chi connectivity index (χ2n) is 4.00. The summed E-state index contributed by atoms with van der Waals surface area (Å²) in [5.74, 6) is -4.44. The van der Waals surface area contributed by atoms with Crippen LogP contribution in [0.15, 0.2) is 0 Å². The van der Waals surface area contributed by atoms with Gasteiger partial charge in [0.1, 0.15) is 11.7 Å². The van der Waals surface area contributed by atoms with E-state index in [0.29, 0.717) is 0 Å². The number of alkyl halides is 1. The van der Waals surface area contributed by atoms with Gasteiger partial charge in [0.15, 0.2) is 0 Å². The topological polar surface area (TPSA) is 101 Å². The first-order chi connectivity index (χ1) is 6.40. The minimum absolute atomic E-state index is 0.0512. The lowest BCUT2D eigenvalue weighted by molar-refractivity contribution is -0.147. The smallest absolute Gasteiger partial charge is 0.327 e. The zero-order valence-electron chi connectivity index (χ0n) is 7.18. The predicted octanol–water partition coefficient (Wildman–Crippen LogP) is -0.543. The maximum Gasteiger partial charge on any atom is 0.327 e. The zero-order chi connectivity index (χ0) is 10.7. The second kappa shape index (κ2) is 2.44. The van der Waals surface area contributed by atoms with Crippen LogP contribution in [0.4, 0.5) is 4.39 Å². The lowest BCUT2D eigenvalue weighted by Crippen LogP contribution is -2.56. The summed E-state index contributed by atoms with van der Waals surface area (Å²) in [7, 11) is 0. The number of halogens is 1. The lowest BCUT2D eigenvalue weighted by atomic mass is 9.90. The maximum absolute atomic E-state index is 13.2. The van der Waals surface area contributed by atoms with Crippen LogP contribution in [0.3, 0.4) is 0 Å². The molecular formula is C8H10FNO4. The summed E-state index contributed by atoms with van der Waals surface area (Å²) in [6.45, 7) is 0. The molecule has 5 nitrogen and oxygen atoms in total. The van der Waals surface area contributed by atoms with Gasteiger partial charge < -0.3 is 15.9 Å². The molecular weight excluding hydrogens is 193 g/mol. The highest BCUT2D eigenvalue weighted by molar-refractivity contribution is 5.86. The fourth-order valence-electron chi connectivity index (χ4n) is 2.57. The molecule has 0 saturated heterocycles. The molecule has 0 amide bonds. The largest absolute Gasteiger partial charge is 0.481 e. The lowest BCUT2D eigenvalue weighted by Gasteiger charge is -2.24. The van der Waals surface area contributed by atoms with Crippen molar-refractivity contribution >= 4 is 11.9 Å². The molecule has 2 rings (SSSR count). The fraction of sp³-hybridized carbons (Fsp3) is 0.750. The minimum atomic E-state index is -1.99. The van der Waals surface area contributed by atoms with E-state index in [1.807, 2.05) is 0 Å². The summed E-state index contributed by atoms with van der Waals surface area (Å²) < 4.78 is 13.2. The van der Waals surface area contributed by atoms with Gasteiger partial charge >= 0.3 is 11.9 Å². The first kappa shape index (κ1) is 9.39. The predicted molar refractivity (Wildman–Crippen MR) is 42.2 cm³/mol. The number of hydrogen-bond acceptors (Lipinski definition) is 3. The van der Waals surface area contributed by atoms with E-state index < -0.39 is 41.4 Å². The van der Waals surface area contributed by atoms with Crippen molar-refractivity contribution in [3.63, 3.8) is 0 Å². The van der Waals surface area contributed by atoms with E-state index in [1.165, 1.54) is 0 Å². The Morgan fingerprint density at radius 1 is 1.43 bits per heavy atom. The third-order valence-electron chi connectivity index (χ3n) is 3.37. The molecule has 6 heteroatoms. The van der Waals surface area contributed by atoms with E-state index in [9.17, 15) is 14.0 Å². The molecule has 0 radical (unpaired) electrons. The van der Waals surface area contributed by atoms with E-state index in [1.54, 1.807) is 0 Å². The van der Waals surface area contributed by atoms with E-state index in [2.05, 4.69) is 0 Å². The Labute approximate surface area is 78.7 Å². The van der Waals surface area contributed by atoms with Gasteiger partial charge in [-0.3, -0.25) is 9.59 Å². The molecule has 0 heterocycles. The van der Waals surface area contributed by atoms with Crippen LogP contribution >= 0.6 is 0 Å². The number of hydrogen-bond donors (Lipinski definition) is 3. The molecule has 0 spiro atoms. The first-order valence-electron chi connectivity index (χ1n) is 4.29. The summed E-state index contributed by atoms with van der Waals surface area (Å²) in [6, 6.07) is 0. The van der Waals surface area contributed by atoms with Crippen LogP contribution in [-0.4, -0.2) is 33.9 Å². The summed E-state index contributed by atoms with van der Waals surface area (Å²) >= 11 is 0. The van der Waals surface area contributed by atoms with Crippen molar-refractivity contribution in [2.45, 2.75) is 18.1 Å². The number of carboxylic acids is 2. The van der Waals surface area contributed by atoms with Crippen LogP contribution in [0, 0.1) is 17.8 Å². The van der Waals surface area contributed by atoms with Crippen molar-refractivity contribution in [1.82, 2.24) is 0 Å². The molecule has 0 aromatic heterocycles. The van der Waals surface area contributed by atoms with Crippen molar-refractivity contribution < 1.29 is 24.2 Å². The third-order valence-corrected chi connectivity index (χ3v) is 3.37. The molecule has 4 N–H and O–H groups in total. The summed E-state index contributed by atoms with van der Waals surface area (Å²) in [4.78, 5) is 21.4. The number of fused-ring (bicyclic) bond motifs is 1. The second-order valence-corrected chi connectivity index (χ2v) is 4.00. The van der Waals surface area contributed by atoms with Crippen LogP contribution in [-0.2, 0) is 9.59 Å². The average Bonchev–Trinajstić information content (AvgIpc) is 2.70. The van der Waals surface area contributed by atoms with Crippen LogP contribution < -0.4 is 5.73 Å². The molecule has 0 aromatic carbocycles. The Morgan fingerprint density at radius 3 is 2.43 bits per heavy atom. The molecule has 14 heavy (non-hydrogen) atoms. The highest BCUT2D eigenvalue weighted by Gasteiger charge is 2.74. The molecule has 0 bridgehead atoms. The first-order valence-corrected chi connectivity index (χ1v) is 4.29. The van der Waals surface area contributed by atoms with Gasteiger partial charge in [0.25, 0.3) is 0 Å². The number of rotatable bonds is 2. The molecule has 2 aliphatic carbocycles. The van der Waals surface area contributed by atoms with Crippen molar-refractivity contribution in [3.05, 3.63) is 0 Å². The van der Waals surface area contributed by atoms with Crippen molar-refractivity contribution in [1.29, 1.82) is 0 Å². The molecule has 3 unspecified atom stereocenters. The number of aliphatic carboxylic acids is 2. The van der Waals surface area contributed by atoms with Gasteiger partial charge in [-0.15, -0.1) is 0 Å². The van der Waals surface area contributed by atoms with Crippen LogP contribution in [0.5, 0.6) is 0 Å². The molecule has 2 saturated carbocycles. The molecule has 78 valence electrons. The fourth-order valence-corrected chi connectivity index (χ4v) is 2.57.